The number of anilines is 1. The van der Waals surface area contributed by atoms with E-state index in [9.17, 15) is 0 Å². The lowest BCUT2D eigenvalue weighted by Gasteiger charge is -2.09. The van der Waals surface area contributed by atoms with E-state index in [2.05, 4.69) is 42.1 Å². The first-order valence-electron chi connectivity index (χ1n) is 4.84. The molecule has 2 aromatic rings. The second-order valence-corrected chi connectivity index (χ2v) is 6.04. The molecule has 0 saturated carbocycles. The Kier molecular flexibility index (Phi) is 4.41. The summed E-state index contributed by atoms with van der Waals surface area (Å²) in [6.07, 6.45) is 0. The van der Waals surface area contributed by atoms with Crippen LogP contribution in [0, 0.1) is 0 Å². The molecule has 2 rings (SSSR count). The molecule has 0 bridgehead atoms. The molecule has 8 heteroatoms. The molecule has 2 N–H and O–H groups in total. The van der Waals surface area contributed by atoms with E-state index in [-0.39, 0.29) is 0 Å². The fourth-order valence-corrected chi connectivity index (χ4v) is 2.69. The van der Waals surface area contributed by atoms with Crippen LogP contribution in [0.3, 0.4) is 0 Å². The Hall–Kier alpha value is -0.860. The summed E-state index contributed by atoms with van der Waals surface area (Å²) >= 11 is 8.12. The van der Waals surface area contributed by atoms with E-state index in [1.165, 1.54) is 11.3 Å². The maximum atomic E-state index is 5.64. The highest BCUT2D eigenvalue weighted by atomic mass is 79.9. The number of nitrogens with zero attached hydrogens (tertiary/aromatic N) is 2. The van der Waals surface area contributed by atoms with Gasteiger partial charge in [0, 0.05) is 0 Å². The first-order chi connectivity index (χ1) is 8.60. The van der Waals surface area contributed by atoms with Gasteiger partial charge in [0.15, 0.2) is 5.01 Å². The van der Waals surface area contributed by atoms with E-state index in [1.807, 2.05) is 12.1 Å². The van der Waals surface area contributed by atoms with Crippen molar-refractivity contribution >= 4 is 48.3 Å². The molecule has 0 aliphatic carbocycles. The summed E-state index contributed by atoms with van der Waals surface area (Å²) in [7, 11) is 1.61. The Labute approximate surface area is 125 Å². The number of ether oxygens (including phenoxy) is 2. The molecule has 0 aliphatic heterocycles. The number of hydrogen-bond acceptors (Lipinski definition) is 6. The topological polar surface area (TPSA) is 70.3 Å². The summed E-state index contributed by atoms with van der Waals surface area (Å²) in [4.78, 5) is 0. The number of nitrogen functional groups attached to an aromatic ring is 1. The minimum absolute atomic E-state index is 0.326. The number of aromatic nitrogens is 2. The summed E-state index contributed by atoms with van der Waals surface area (Å²) in [6.45, 7) is 0.326. The third-order valence-corrected chi connectivity index (χ3v) is 4.01. The molecular weight excluding hydrogens is 386 g/mol. The predicted octanol–water partition coefficient (Wildman–Crippen LogP) is 3.23. The standard InChI is InChI=1S/C10H9Br2N3O2S/c1-16-7-2-6(12)8(3-5(7)11)17-4-9-14-15-10(13)18-9/h2-3H,4H2,1H3,(H2,13,15). The van der Waals surface area contributed by atoms with Crippen molar-refractivity contribution in [3.63, 3.8) is 0 Å². The highest BCUT2D eigenvalue weighted by Crippen LogP contribution is 2.36. The SMILES string of the molecule is COc1cc(Br)c(OCc2nnc(N)s2)cc1Br. The largest absolute Gasteiger partial charge is 0.496 e. The fourth-order valence-electron chi connectivity index (χ4n) is 1.24. The van der Waals surface area contributed by atoms with Gasteiger partial charge in [-0.3, -0.25) is 0 Å². The fraction of sp³-hybridized carbons (Fsp3) is 0.200. The van der Waals surface area contributed by atoms with Gasteiger partial charge in [-0.1, -0.05) is 11.3 Å². The molecule has 0 saturated heterocycles. The Morgan fingerprint density at radius 2 is 1.89 bits per heavy atom. The van der Waals surface area contributed by atoms with E-state index in [1.54, 1.807) is 7.11 Å². The lowest BCUT2D eigenvalue weighted by atomic mass is 10.3. The number of hydrogen-bond donors (Lipinski definition) is 1. The van der Waals surface area contributed by atoms with Gasteiger partial charge in [0.2, 0.25) is 5.13 Å². The van der Waals surface area contributed by atoms with Crippen LogP contribution in [0.15, 0.2) is 21.1 Å². The average molecular weight is 395 g/mol. The second kappa shape index (κ2) is 5.85. The van der Waals surface area contributed by atoms with Crippen molar-refractivity contribution in [2.24, 2.45) is 0 Å². The second-order valence-electron chi connectivity index (χ2n) is 3.24. The summed E-state index contributed by atoms with van der Waals surface area (Å²) in [6, 6.07) is 3.65. The van der Waals surface area contributed by atoms with E-state index < -0.39 is 0 Å². The van der Waals surface area contributed by atoms with E-state index in [4.69, 9.17) is 15.2 Å². The molecule has 0 fully saturated rings. The molecule has 96 valence electrons. The molecule has 1 aromatic heterocycles. The highest BCUT2D eigenvalue weighted by molar-refractivity contribution is 9.11. The van der Waals surface area contributed by atoms with Gasteiger partial charge in [-0.25, -0.2) is 0 Å². The zero-order valence-corrected chi connectivity index (χ0v) is 13.3. The van der Waals surface area contributed by atoms with E-state index in [0.29, 0.717) is 17.5 Å². The number of rotatable bonds is 4. The smallest absolute Gasteiger partial charge is 0.203 e. The molecule has 0 amide bonds. The highest BCUT2D eigenvalue weighted by Gasteiger charge is 2.09. The Morgan fingerprint density at radius 1 is 1.22 bits per heavy atom. The molecule has 1 aromatic carbocycles. The lowest BCUT2D eigenvalue weighted by molar-refractivity contribution is 0.301. The maximum absolute atomic E-state index is 5.64. The van der Waals surface area contributed by atoms with Gasteiger partial charge in [0.1, 0.15) is 18.1 Å². The molecule has 0 radical (unpaired) electrons. The molecule has 0 spiro atoms. The van der Waals surface area contributed by atoms with Crippen LogP contribution in [0.25, 0.3) is 0 Å². The molecule has 0 atom stereocenters. The van der Waals surface area contributed by atoms with Gasteiger partial charge in [-0.2, -0.15) is 0 Å². The van der Waals surface area contributed by atoms with Crippen molar-refractivity contribution in [3.05, 3.63) is 26.1 Å². The number of benzene rings is 1. The van der Waals surface area contributed by atoms with Gasteiger partial charge in [0.05, 0.1) is 16.1 Å². The quantitative estimate of drug-likeness (QED) is 0.861. The van der Waals surface area contributed by atoms with Gasteiger partial charge in [-0.05, 0) is 44.0 Å². The minimum Gasteiger partial charge on any atom is -0.496 e. The first-order valence-corrected chi connectivity index (χ1v) is 7.24. The van der Waals surface area contributed by atoms with Crippen molar-refractivity contribution in [1.29, 1.82) is 0 Å². The number of methoxy groups -OCH3 is 1. The third kappa shape index (κ3) is 3.12. The van der Waals surface area contributed by atoms with Crippen molar-refractivity contribution in [3.8, 4) is 11.5 Å². The summed E-state index contributed by atoms with van der Waals surface area (Å²) in [5.74, 6) is 1.42. The Bertz CT molecular complexity index is 562. The van der Waals surface area contributed by atoms with Crippen molar-refractivity contribution < 1.29 is 9.47 Å². The molecule has 1 heterocycles. The van der Waals surface area contributed by atoms with Gasteiger partial charge in [0.25, 0.3) is 0 Å². The van der Waals surface area contributed by atoms with Crippen LogP contribution in [-0.2, 0) is 6.61 Å². The minimum atomic E-state index is 0.326. The Balaban J connectivity index is 2.12. The van der Waals surface area contributed by atoms with Crippen molar-refractivity contribution in [2.45, 2.75) is 6.61 Å². The Morgan fingerprint density at radius 3 is 2.50 bits per heavy atom. The van der Waals surface area contributed by atoms with E-state index >= 15 is 0 Å². The summed E-state index contributed by atoms with van der Waals surface area (Å²) in [5.41, 5.74) is 5.50. The molecule has 18 heavy (non-hydrogen) atoms. The van der Waals surface area contributed by atoms with Gasteiger partial charge < -0.3 is 15.2 Å². The molecule has 5 nitrogen and oxygen atoms in total. The third-order valence-electron chi connectivity index (χ3n) is 2.04. The summed E-state index contributed by atoms with van der Waals surface area (Å²) in [5, 5.41) is 8.77. The van der Waals surface area contributed by atoms with Gasteiger partial charge >= 0.3 is 0 Å². The first kappa shape index (κ1) is 13.6. The number of halogens is 2. The summed E-state index contributed by atoms with van der Waals surface area (Å²) < 4.78 is 12.4. The van der Waals surface area contributed by atoms with Crippen molar-refractivity contribution in [2.75, 3.05) is 12.8 Å². The van der Waals surface area contributed by atoms with Crippen LogP contribution in [0.2, 0.25) is 0 Å². The zero-order valence-electron chi connectivity index (χ0n) is 9.31. The molecule has 0 aliphatic rings. The van der Waals surface area contributed by atoms with Crippen LogP contribution < -0.4 is 15.2 Å². The van der Waals surface area contributed by atoms with Crippen molar-refractivity contribution in [1.82, 2.24) is 10.2 Å². The predicted molar refractivity (Wildman–Crippen MR) is 77.0 cm³/mol. The van der Waals surface area contributed by atoms with E-state index in [0.717, 1.165) is 19.7 Å². The lowest BCUT2D eigenvalue weighted by Crippen LogP contribution is -1.96. The van der Waals surface area contributed by atoms with Crippen LogP contribution in [0.4, 0.5) is 5.13 Å². The molecule has 0 unspecified atom stereocenters. The monoisotopic (exact) mass is 393 g/mol. The zero-order chi connectivity index (χ0) is 13.1. The van der Waals surface area contributed by atoms with Crippen LogP contribution in [0.1, 0.15) is 5.01 Å². The van der Waals surface area contributed by atoms with Crippen LogP contribution >= 0.6 is 43.2 Å². The maximum Gasteiger partial charge on any atom is 0.203 e. The van der Waals surface area contributed by atoms with Crippen LogP contribution in [-0.4, -0.2) is 17.3 Å². The number of nitrogens with two attached hydrogens (primary N) is 1. The normalized spacial score (nSPS) is 10.4. The average Bonchev–Trinajstić information content (AvgIpc) is 2.75. The van der Waals surface area contributed by atoms with Crippen LogP contribution in [0.5, 0.6) is 11.5 Å². The molecular formula is C10H9Br2N3O2S. The van der Waals surface area contributed by atoms with Gasteiger partial charge in [-0.15, -0.1) is 10.2 Å².